The Kier molecular flexibility index (Phi) is 5.66. The van der Waals surface area contributed by atoms with Gasteiger partial charge in [0.2, 0.25) is 0 Å². The number of amides is 2. The SMILES string of the molecule is Nc1cc(Cl)cc(NC(=O)Nc2cnc3ccc(N4CCC[C@@H]4c4cc(F)ccc4F)nn23)c1. The summed E-state index contributed by atoms with van der Waals surface area (Å²) in [5.74, 6) is -0.0531. The summed E-state index contributed by atoms with van der Waals surface area (Å²) < 4.78 is 29.7. The van der Waals surface area contributed by atoms with Crippen LogP contribution in [0.2, 0.25) is 5.02 Å². The Bertz CT molecular complexity index is 1370. The number of nitrogens with two attached hydrogens (primary N) is 1. The molecule has 4 N–H and O–H groups in total. The van der Waals surface area contributed by atoms with Gasteiger partial charge in [-0.2, -0.15) is 4.52 Å². The fourth-order valence-electron chi connectivity index (χ4n) is 4.20. The monoisotopic (exact) mass is 483 g/mol. The molecule has 174 valence electrons. The number of benzene rings is 2. The number of imidazole rings is 1. The first-order chi connectivity index (χ1) is 16.4. The number of halogens is 3. The summed E-state index contributed by atoms with van der Waals surface area (Å²) in [7, 11) is 0. The highest BCUT2D eigenvalue weighted by atomic mass is 35.5. The molecule has 0 spiro atoms. The Labute approximate surface area is 198 Å². The number of carbonyl (C=O) groups is 1. The largest absolute Gasteiger partial charge is 0.399 e. The lowest BCUT2D eigenvalue weighted by Crippen LogP contribution is -2.25. The van der Waals surface area contributed by atoms with Crippen molar-refractivity contribution in [3.05, 3.63) is 76.9 Å². The van der Waals surface area contributed by atoms with Gasteiger partial charge in [-0.1, -0.05) is 11.6 Å². The van der Waals surface area contributed by atoms with Gasteiger partial charge in [-0.3, -0.25) is 5.32 Å². The molecule has 2 aromatic heterocycles. The Morgan fingerprint density at radius 1 is 1.12 bits per heavy atom. The maximum atomic E-state index is 14.5. The van der Waals surface area contributed by atoms with Crippen LogP contribution in [0, 0.1) is 11.6 Å². The molecule has 8 nitrogen and oxygen atoms in total. The van der Waals surface area contributed by atoms with E-state index in [4.69, 9.17) is 17.3 Å². The standard InChI is InChI=1S/C23H20ClF2N7O/c24-13-8-15(27)11-16(9-13)29-23(34)30-22-12-28-20-5-6-21(31-33(20)22)32-7-1-2-19(32)17-10-14(25)3-4-18(17)26/h3-6,8-12,19H,1-2,7,27H2,(H2,29,30,34)/t19-/m1/s1. The fourth-order valence-corrected chi connectivity index (χ4v) is 4.44. The number of hydrogen-bond acceptors (Lipinski definition) is 5. The summed E-state index contributed by atoms with van der Waals surface area (Å²) in [6, 6.07) is 10.8. The topological polar surface area (TPSA) is 101 Å². The third kappa shape index (κ3) is 4.32. The first-order valence-corrected chi connectivity index (χ1v) is 11.0. The number of aromatic nitrogens is 3. The predicted molar refractivity (Wildman–Crippen MR) is 127 cm³/mol. The van der Waals surface area contributed by atoms with Crippen LogP contribution in [0.15, 0.2) is 54.7 Å². The van der Waals surface area contributed by atoms with E-state index in [9.17, 15) is 13.6 Å². The first-order valence-electron chi connectivity index (χ1n) is 10.6. The molecule has 1 atom stereocenters. The minimum Gasteiger partial charge on any atom is -0.399 e. The zero-order valence-corrected chi connectivity index (χ0v) is 18.6. The average molecular weight is 484 g/mol. The summed E-state index contributed by atoms with van der Waals surface area (Å²) in [4.78, 5) is 18.7. The van der Waals surface area contributed by atoms with Crippen molar-refractivity contribution in [2.45, 2.75) is 18.9 Å². The van der Waals surface area contributed by atoms with Crippen molar-refractivity contribution in [3.8, 4) is 0 Å². The number of anilines is 4. The number of fused-ring (bicyclic) bond motifs is 1. The third-order valence-corrected chi connectivity index (χ3v) is 5.85. The van der Waals surface area contributed by atoms with E-state index in [1.807, 2.05) is 4.90 Å². The smallest absolute Gasteiger partial charge is 0.324 e. The van der Waals surface area contributed by atoms with Crippen molar-refractivity contribution in [2.75, 3.05) is 27.8 Å². The summed E-state index contributed by atoms with van der Waals surface area (Å²) in [5, 5.41) is 10.4. The van der Waals surface area contributed by atoms with Crippen molar-refractivity contribution in [3.63, 3.8) is 0 Å². The van der Waals surface area contributed by atoms with E-state index in [0.717, 1.165) is 18.6 Å². The number of nitrogens with one attached hydrogen (secondary N) is 2. The number of nitrogen functional groups attached to an aromatic ring is 1. The summed E-state index contributed by atoms with van der Waals surface area (Å²) in [5.41, 5.74) is 7.42. The zero-order chi connectivity index (χ0) is 23.8. The third-order valence-electron chi connectivity index (χ3n) is 5.63. The van der Waals surface area contributed by atoms with E-state index in [-0.39, 0.29) is 6.04 Å². The first kappa shape index (κ1) is 21.9. The molecule has 1 fully saturated rings. The molecule has 0 bridgehead atoms. The molecule has 0 aliphatic carbocycles. The maximum absolute atomic E-state index is 14.5. The van der Waals surface area contributed by atoms with Gasteiger partial charge in [0.05, 0.1) is 12.2 Å². The lowest BCUT2D eigenvalue weighted by atomic mass is 10.0. The van der Waals surface area contributed by atoms with Crippen LogP contribution in [-0.2, 0) is 0 Å². The van der Waals surface area contributed by atoms with Crippen molar-refractivity contribution in [1.29, 1.82) is 0 Å². The van der Waals surface area contributed by atoms with E-state index in [1.54, 1.807) is 30.3 Å². The lowest BCUT2D eigenvalue weighted by Gasteiger charge is -2.26. The fraction of sp³-hybridized carbons (Fsp3) is 0.174. The van der Waals surface area contributed by atoms with Crippen molar-refractivity contribution in [1.82, 2.24) is 14.6 Å². The summed E-state index contributed by atoms with van der Waals surface area (Å²) >= 11 is 5.98. The van der Waals surface area contributed by atoms with Crippen LogP contribution >= 0.6 is 11.6 Å². The summed E-state index contributed by atoms with van der Waals surface area (Å²) in [6.07, 6.45) is 2.95. The van der Waals surface area contributed by atoms with Crippen LogP contribution in [0.5, 0.6) is 0 Å². The highest BCUT2D eigenvalue weighted by molar-refractivity contribution is 6.31. The van der Waals surface area contributed by atoms with E-state index >= 15 is 0 Å². The Morgan fingerprint density at radius 3 is 2.79 bits per heavy atom. The molecule has 5 rings (SSSR count). The minimum absolute atomic E-state index is 0.295. The van der Waals surface area contributed by atoms with Crippen LogP contribution in [0.1, 0.15) is 24.4 Å². The van der Waals surface area contributed by atoms with E-state index in [2.05, 4.69) is 20.7 Å². The van der Waals surface area contributed by atoms with Crippen LogP contribution in [0.3, 0.4) is 0 Å². The highest BCUT2D eigenvalue weighted by Gasteiger charge is 2.30. The van der Waals surface area contributed by atoms with Crippen molar-refractivity contribution >= 4 is 46.3 Å². The molecule has 0 unspecified atom stereocenters. The van der Waals surface area contributed by atoms with Gasteiger partial charge in [-0.05, 0) is 61.4 Å². The second-order valence-corrected chi connectivity index (χ2v) is 8.41. The van der Waals surface area contributed by atoms with Gasteiger partial charge >= 0.3 is 6.03 Å². The molecule has 2 aromatic carbocycles. The van der Waals surface area contributed by atoms with E-state index in [1.165, 1.54) is 16.8 Å². The van der Waals surface area contributed by atoms with Gasteiger partial charge in [-0.15, -0.1) is 5.10 Å². The van der Waals surface area contributed by atoms with E-state index in [0.29, 0.717) is 52.2 Å². The summed E-state index contributed by atoms with van der Waals surface area (Å²) in [6.45, 7) is 0.632. The molecule has 2 amide bonds. The van der Waals surface area contributed by atoms with Crippen molar-refractivity contribution < 1.29 is 13.6 Å². The second kappa shape index (κ2) is 8.79. The zero-order valence-electron chi connectivity index (χ0n) is 17.8. The van der Waals surface area contributed by atoms with Crippen LogP contribution in [0.4, 0.5) is 36.6 Å². The van der Waals surface area contributed by atoms with E-state index < -0.39 is 17.7 Å². The van der Waals surface area contributed by atoms with Crippen LogP contribution in [-0.4, -0.2) is 27.2 Å². The molecule has 0 saturated carbocycles. The Balaban J connectivity index is 1.40. The highest BCUT2D eigenvalue weighted by Crippen LogP contribution is 2.36. The number of urea groups is 1. The van der Waals surface area contributed by atoms with Crippen LogP contribution in [0.25, 0.3) is 5.65 Å². The average Bonchev–Trinajstić information content (AvgIpc) is 3.42. The predicted octanol–water partition coefficient (Wildman–Crippen LogP) is 5.23. The lowest BCUT2D eigenvalue weighted by molar-refractivity contribution is 0.262. The van der Waals surface area contributed by atoms with Gasteiger partial charge in [0.15, 0.2) is 11.5 Å². The molecular formula is C23H20ClF2N7O. The Morgan fingerprint density at radius 2 is 1.97 bits per heavy atom. The van der Waals surface area contributed by atoms with Gasteiger partial charge in [0.25, 0.3) is 0 Å². The molecule has 11 heteroatoms. The molecule has 1 aliphatic heterocycles. The number of nitrogens with zero attached hydrogens (tertiary/aromatic N) is 4. The molecule has 4 aromatic rings. The van der Waals surface area contributed by atoms with Gasteiger partial charge < -0.3 is 16.0 Å². The van der Waals surface area contributed by atoms with Gasteiger partial charge in [-0.25, -0.2) is 18.6 Å². The maximum Gasteiger partial charge on any atom is 0.324 e. The molecular weight excluding hydrogens is 464 g/mol. The molecule has 1 saturated heterocycles. The molecule has 1 aliphatic rings. The van der Waals surface area contributed by atoms with Gasteiger partial charge in [0.1, 0.15) is 17.5 Å². The number of rotatable bonds is 4. The minimum atomic E-state index is -0.531. The quantitative estimate of drug-likeness (QED) is 0.345. The Hall–Kier alpha value is -3.92. The van der Waals surface area contributed by atoms with Crippen molar-refractivity contribution in [2.24, 2.45) is 0 Å². The number of carbonyl (C=O) groups excluding carboxylic acids is 1. The molecule has 0 radical (unpaired) electrons. The van der Waals surface area contributed by atoms with Gasteiger partial charge in [0, 0.05) is 28.5 Å². The molecule has 34 heavy (non-hydrogen) atoms. The number of hydrogen-bond donors (Lipinski definition) is 3. The normalized spacial score (nSPS) is 15.6. The second-order valence-electron chi connectivity index (χ2n) is 7.97. The molecule has 3 heterocycles. The van der Waals surface area contributed by atoms with Crippen LogP contribution < -0.4 is 21.3 Å².